The van der Waals surface area contributed by atoms with Crippen LogP contribution in [0.3, 0.4) is 0 Å². The maximum atomic E-state index is 14.1. The molecule has 46 heavy (non-hydrogen) atoms. The molecule has 0 saturated carbocycles. The number of nitrogens with one attached hydrogen (secondary N) is 2. The van der Waals surface area contributed by atoms with Crippen LogP contribution in [0.5, 0.6) is 0 Å². The number of anilines is 2. The Kier molecular flexibility index (Phi) is 13.8. The summed E-state index contributed by atoms with van der Waals surface area (Å²) in [7, 11) is -6.81. The van der Waals surface area contributed by atoms with E-state index in [-0.39, 0.29) is 21.2 Å². The lowest BCUT2D eigenvalue weighted by atomic mass is 10.0. The third-order valence-electron chi connectivity index (χ3n) is 5.84. The number of amides is 1. The van der Waals surface area contributed by atoms with Gasteiger partial charge in [0.1, 0.15) is 11.6 Å². The number of hydrogen-bond acceptors (Lipinski definition) is 7. The molecule has 0 fully saturated rings. The van der Waals surface area contributed by atoms with Gasteiger partial charge < -0.3 is 5.32 Å². The highest BCUT2D eigenvalue weighted by Crippen LogP contribution is 2.31. The first-order valence-electron chi connectivity index (χ1n) is 12.8. The molecule has 0 spiro atoms. The first kappa shape index (κ1) is 37.8. The quantitative estimate of drug-likeness (QED) is 0.111. The molecule has 0 saturated heterocycles. The molecule has 1 amide bonds. The second-order valence-corrected chi connectivity index (χ2v) is 13.8. The van der Waals surface area contributed by atoms with Gasteiger partial charge in [0.25, 0.3) is 0 Å². The fourth-order valence-corrected chi connectivity index (χ4v) is 5.76. The van der Waals surface area contributed by atoms with E-state index >= 15 is 0 Å². The highest BCUT2D eigenvalue weighted by atomic mass is 35.5. The average Bonchev–Trinajstić information content (AvgIpc) is 3.01. The third-order valence-corrected chi connectivity index (χ3v) is 8.51. The second kappa shape index (κ2) is 16.8. The van der Waals surface area contributed by atoms with Crippen LogP contribution in [-0.2, 0) is 29.3 Å². The molecule has 0 aromatic heterocycles. The number of halogens is 4. The van der Waals surface area contributed by atoms with Gasteiger partial charge in [0, 0.05) is 35.4 Å². The van der Waals surface area contributed by atoms with E-state index in [4.69, 9.17) is 23.4 Å². The Balaban J connectivity index is 0.000000281. The van der Waals surface area contributed by atoms with E-state index < -0.39 is 42.5 Å². The second-order valence-electron chi connectivity index (χ2n) is 9.22. The van der Waals surface area contributed by atoms with E-state index in [1.54, 1.807) is 48.5 Å². The summed E-state index contributed by atoms with van der Waals surface area (Å²) in [6, 6.07) is 21.2. The van der Waals surface area contributed by atoms with Crippen molar-refractivity contribution in [2.45, 2.75) is 9.79 Å². The molecule has 242 valence electrons. The largest absolute Gasteiger partial charge is 0.320 e. The maximum Gasteiger partial charge on any atom is 0.247 e. The fraction of sp³-hybridized carbons (Fsp3) is 0.0625. The van der Waals surface area contributed by atoms with Gasteiger partial charge in [0.15, 0.2) is 19.7 Å². The van der Waals surface area contributed by atoms with Crippen molar-refractivity contribution in [3.8, 4) is 22.3 Å². The topological polar surface area (TPSA) is 126 Å². The van der Waals surface area contributed by atoms with E-state index in [2.05, 4.69) is 23.3 Å². The van der Waals surface area contributed by atoms with Crippen LogP contribution in [0, 0.1) is 11.6 Å². The molecule has 0 aliphatic carbocycles. The number of benzene rings is 4. The molecular formula is C32H28Cl2F2N2O6S2. The molecule has 14 heteroatoms. The normalized spacial score (nSPS) is 10.7. The van der Waals surface area contributed by atoms with Crippen molar-refractivity contribution in [1.29, 1.82) is 0 Å². The number of carbonyl (C=O) groups excluding carboxylic acids is 2. The van der Waals surface area contributed by atoms with E-state index in [0.29, 0.717) is 22.3 Å². The van der Waals surface area contributed by atoms with Crippen molar-refractivity contribution < 1.29 is 35.2 Å². The zero-order chi connectivity index (χ0) is 34.7. The Hall–Kier alpha value is -4.36. The minimum absolute atomic E-state index is 0.00508. The molecule has 0 heterocycles. The first-order chi connectivity index (χ1) is 21.5. The van der Waals surface area contributed by atoms with Crippen LogP contribution in [0.4, 0.5) is 20.2 Å². The summed E-state index contributed by atoms with van der Waals surface area (Å²) in [6.07, 6.45) is 4.30. The van der Waals surface area contributed by atoms with E-state index in [1.165, 1.54) is 36.4 Å². The minimum Gasteiger partial charge on any atom is -0.320 e. The molecule has 0 bridgehead atoms. The van der Waals surface area contributed by atoms with E-state index in [1.807, 2.05) is 0 Å². The van der Waals surface area contributed by atoms with Gasteiger partial charge in [-0.05, 0) is 71.3 Å². The smallest absolute Gasteiger partial charge is 0.247 e. The average molecular weight is 710 g/mol. The molecule has 0 unspecified atom stereocenters. The van der Waals surface area contributed by atoms with Gasteiger partial charge in [-0.2, -0.15) is 0 Å². The summed E-state index contributed by atoms with van der Waals surface area (Å²) >= 11 is 10.1. The Morgan fingerprint density at radius 1 is 0.696 bits per heavy atom. The predicted molar refractivity (Wildman–Crippen MR) is 179 cm³/mol. The number of rotatable bonds is 8. The lowest BCUT2D eigenvalue weighted by Gasteiger charge is -2.10. The molecule has 0 aliphatic rings. The number of hydrogen-bond donors (Lipinski definition) is 2. The highest BCUT2D eigenvalue weighted by Gasteiger charge is 2.16. The molecular weight excluding hydrogens is 681 g/mol. The maximum absolute atomic E-state index is 14.1. The summed E-state index contributed by atoms with van der Waals surface area (Å²) in [5.41, 5.74) is 1.91. The zero-order valence-corrected chi connectivity index (χ0v) is 27.6. The summed E-state index contributed by atoms with van der Waals surface area (Å²) < 4.78 is 74.7. The Morgan fingerprint density at radius 2 is 1.09 bits per heavy atom. The van der Waals surface area contributed by atoms with Crippen molar-refractivity contribution in [3.05, 3.63) is 122 Å². The number of sulfone groups is 2. The third kappa shape index (κ3) is 10.9. The molecule has 0 radical (unpaired) electrons. The highest BCUT2D eigenvalue weighted by molar-refractivity contribution is 7.91. The summed E-state index contributed by atoms with van der Waals surface area (Å²) in [4.78, 5) is 23.1. The lowest BCUT2D eigenvalue weighted by molar-refractivity contribution is -0.112. The van der Waals surface area contributed by atoms with Crippen molar-refractivity contribution in [2.75, 3.05) is 22.7 Å². The van der Waals surface area contributed by atoms with E-state index in [0.717, 1.165) is 24.7 Å². The summed E-state index contributed by atoms with van der Waals surface area (Å²) in [5, 5.41) is 1.82. The van der Waals surface area contributed by atoms with Gasteiger partial charge in [-0.3, -0.25) is 14.4 Å². The van der Waals surface area contributed by atoms with Crippen LogP contribution in [-0.4, -0.2) is 40.5 Å². The fourth-order valence-electron chi connectivity index (χ4n) is 3.78. The first-order valence-corrected chi connectivity index (χ1v) is 17.4. The zero-order valence-electron chi connectivity index (χ0n) is 24.4. The van der Waals surface area contributed by atoms with Crippen molar-refractivity contribution in [1.82, 2.24) is 0 Å². The van der Waals surface area contributed by atoms with Gasteiger partial charge in [-0.1, -0.05) is 61.7 Å². The van der Waals surface area contributed by atoms with Gasteiger partial charge in [0.05, 0.1) is 21.2 Å². The lowest BCUT2D eigenvalue weighted by Crippen LogP contribution is -2.08. The molecule has 0 aliphatic heterocycles. The number of carbonyl (C=O) groups is 2. The SMILES string of the molecule is C=CC(=O)Cl.C=CC(=O)Nc1ccc(-c2ccccc2S(C)(=O)=O)cc1F.CS(=O)(=O)c1ccccc1-c1ccc(NCl)c(F)c1. The minimum atomic E-state index is -3.43. The van der Waals surface area contributed by atoms with Gasteiger partial charge in [-0.15, -0.1) is 0 Å². The monoisotopic (exact) mass is 708 g/mol. The predicted octanol–water partition coefficient (Wildman–Crippen LogP) is 7.42. The Morgan fingerprint density at radius 3 is 1.41 bits per heavy atom. The Labute approximate surface area is 276 Å². The summed E-state index contributed by atoms with van der Waals surface area (Å²) in [6.45, 7) is 6.37. The number of allylic oxidation sites excluding steroid dienone is 1. The molecule has 0 atom stereocenters. The van der Waals surface area contributed by atoms with Crippen molar-refractivity contribution >= 4 is 65.6 Å². The van der Waals surface area contributed by atoms with Crippen LogP contribution in [0.2, 0.25) is 0 Å². The van der Waals surface area contributed by atoms with Crippen LogP contribution >= 0.6 is 23.4 Å². The van der Waals surface area contributed by atoms with Crippen LogP contribution in [0.1, 0.15) is 0 Å². The van der Waals surface area contributed by atoms with Gasteiger partial charge in [-0.25, -0.2) is 25.6 Å². The van der Waals surface area contributed by atoms with E-state index in [9.17, 15) is 35.2 Å². The van der Waals surface area contributed by atoms with Crippen LogP contribution in [0.15, 0.2) is 120 Å². The molecule has 2 N–H and O–H groups in total. The molecule has 4 rings (SSSR count). The van der Waals surface area contributed by atoms with Crippen LogP contribution in [0.25, 0.3) is 22.3 Å². The van der Waals surface area contributed by atoms with Gasteiger partial charge >= 0.3 is 0 Å². The standard InChI is InChI=1S/C16H14FNO3S.C13H11ClFNO2S.C3H3ClO/c1-3-16(19)18-14-9-8-11(10-13(14)17)12-6-4-5-7-15(12)22(2,20)21;1-19(17,18)13-5-3-2-4-10(13)9-6-7-12(16-14)11(15)8-9;1-2-3(4)5/h3-10H,1H2,2H3,(H,18,19);2-8,16H,1H3;2H,1H2. The summed E-state index contributed by atoms with van der Waals surface area (Å²) in [5.74, 6) is -1.73. The molecule has 8 nitrogen and oxygen atoms in total. The molecule has 4 aromatic rings. The Bertz CT molecular complexity index is 1990. The van der Waals surface area contributed by atoms with Crippen molar-refractivity contribution in [3.63, 3.8) is 0 Å². The van der Waals surface area contributed by atoms with Crippen molar-refractivity contribution in [2.24, 2.45) is 0 Å². The van der Waals surface area contributed by atoms with Crippen LogP contribution < -0.4 is 10.2 Å². The molecule has 4 aromatic carbocycles. The van der Waals surface area contributed by atoms with Gasteiger partial charge in [0.2, 0.25) is 11.1 Å².